The molecule has 0 saturated heterocycles. The van der Waals surface area contributed by atoms with Crippen LogP contribution >= 0.6 is 34.2 Å². The van der Waals surface area contributed by atoms with Gasteiger partial charge in [-0.3, -0.25) is 0 Å². The van der Waals surface area contributed by atoms with Gasteiger partial charge in [-0.15, -0.1) is 0 Å². The second-order valence-corrected chi connectivity index (χ2v) is 5.40. The molecule has 0 fully saturated rings. The van der Waals surface area contributed by atoms with Crippen LogP contribution in [-0.2, 0) is 6.42 Å². The molecule has 7 heteroatoms. The van der Waals surface area contributed by atoms with Gasteiger partial charge in [-0.1, -0.05) is 18.5 Å². The predicted octanol–water partition coefficient (Wildman–Crippen LogP) is 3.33. The molecule has 100 valence electrons. The van der Waals surface area contributed by atoms with Gasteiger partial charge in [-0.05, 0) is 47.2 Å². The topological polar surface area (TPSA) is 75.9 Å². The van der Waals surface area contributed by atoms with Gasteiger partial charge in [0, 0.05) is 14.2 Å². The Hall–Kier alpha value is -1.12. The molecule has 0 saturated carbocycles. The van der Waals surface area contributed by atoms with E-state index in [4.69, 9.17) is 17.4 Å². The zero-order chi connectivity index (χ0) is 13.8. The molecule has 5 nitrogen and oxygen atoms in total. The van der Waals surface area contributed by atoms with Crippen LogP contribution in [0.2, 0.25) is 5.02 Å². The maximum Gasteiger partial charge on any atom is 0.148 e. The van der Waals surface area contributed by atoms with E-state index in [9.17, 15) is 0 Å². The van der Waals surface area contributed by atoms with E-state index in [-0.39, 0.29) is 0 Å². The van der Waals surface area contributed by atoms with Crippen LogP contribution in [0.4, 0.5) is 17.3 Å². The van der Waals surface area contributed by atoms with Gasteiger partial charge in [0.25, 0.3) is 0 Å². The Bertz CT molecular complexity index is 590. The third-order valence-electron chi connectivity index (χ3n) is 2.62. The number of hydrazine groups is 1. The molecule has 1 aromatic carbocycles. The summed E-state index contributed by atoms with van der Waals surface area (Å²) in [5.74, 6) is 6.82. The summed E-state index contributed by atoms with van der Waals surface area (Å²) in [6, 6.07) is 5.64. The van der Waals surface area contributed by atoms with E-state index in [1.807, 2.05) is 25.1 Å². The summed E-state index contributed by atoms with van der Waals surface area (Å²) >= 11 is 8.17. The molecule has 0 unspecified atom stereocenters. The minimum absolute atomic E-state index is 0.629. The summed E-state index contributed by atoms with van der Waals surface area (Å²) in [7, 11) is 0. The molecule has 0 aliphatic carbocycles. The second-order valence-electron chi connectivity index (χ2n) is 3.80. The Kier molecular flexibility index (Phi) is 4.78. The molecule has 4 N–H and O–H groups in total. The molecule has 0 bridgehead atoms. The van der Waals surface area contributed by atoms with Gasteiger partial charge < -0.3 is 10.7 Å². The zero-order valence-electron chi connectivity index (χ0n) is 10.2. The zero-order valence-corrected chi connectivity index (χ0v) is 13.2. The van der Waals surface area contributed by atoms with Gasteiger partial charge in [0.05, 0.1) is 5.69 Å². The highest BCUT2D eigenvalue weighted by molar-refractivity contribution is 14.1. The predicted molar refractivity (Wildman–Crippen MR) is 86.7 cm³/mol. The highest BCUT2D eigenvalue weighted by Gasteiger charge is 2.10. The van der Waals surface area contributed by atoms with Crippen molar-refractivity contribution in [3.63, 3.8) is 0 Å². The first-order valence-electron chi connectivity index (χ1n) is 5.68. The number of nitrogens with zero attached hydrogens (tertiary/aromatic N) is 2. The smallest absolute Gasteiger partial charge is 0.148 e. The number of nitrogens with two attached hydrogens (primary N) is 1. The number of halogens is 2. The largest absolute Gasteiger partial charge is 0.339 e. The van der Waals surface area contributed by atoms with Crippen molar-refractivity contribution in [3.05, 3.63) is 38.7 Å². The summed E-state index contributed by atoms with van der Waals surface area (Å²) in [6.07, 6.45) is 2.24. The van der Waals surface area contributed by atoms with Crippen LogP contribution in [0.3, 0.4) is 0 Å². The molecular formula is C12H13ClIN5. The fourth-order valence-electron chi connectivity index (χ4n) is 1.70. The van der Waals surface area contributed by atoms with E-state index in [0.717, 1.165) is 27.1 Å². The van der Waals surface area contributed by atoms with E-state index < -0.39 is 0 Å². The average Bonchev–Trinajstić information content (AvgIpc) is 2.41. The molecule has 0 aliphatic heterocycles. The highest BCUT2D eigenvalue weighted by atomic mass is 127. The van der Waals surface area contributed by atoms with Crippen molar-refractivity contribution in [2.75, 3.05) is 10.7 Å². The van der Waals surface area contributed by atoms with Crippen LogP contribution in [-0.4, -0.2) is 9.97 Å². The summed E-state index contributed by atoms with van der Waals surface area (Å²) in [5, 5.41) is 3.99. The van der Waals surface area contributed by atoms with Crippen LogP contribution < -0.4 is 16.6 Å². The molecule has 1 heterocycles. The lowest BCUT2D eigenvalue weighted by molar-refractivity contribution is 1.04. The quantitative estimate of drug-likeness (QED) is 0.425. The second kappa shape index (κ2) is 6.36. The Labute approximate surface area is 130 Å². The van der Waals surface area contributed by atoms with Crippen molar-refractivity contribution in [2.45, 2.75) is 13.3 Å². The summed E-state index contributed by atoms with van der Waals surface area (Å²) in [4.78, 5) is 8.36. The Balaban J connectivity index is 2.37. The lowest BCUT2D eigenvalue weighted by Gasteiger charge is -2.13. The van der Waals surface area contributed by atoms with Gasteiger partial charge in [-0.25, -0.2) is 15.8 Å². The number of nitrogens with one attached hydrogen (secondary N) is 2. The van der Waals surface area contributed by atoms with Gasteiger partial charge >= 0.3 is 0 Å². The van der Waals surface area contributed by atoms with Gasteiger partial charge in [0.2, 0.25) is 0 Å². The standard InChI is InChI=1S/C12H13ClIN5/c1-2-8-11(16-6-17-12(8)19-15)18-10-4-3-7(13)5-9(10)14/h3-6H,2,15H2,1H3,(H2,16,17,18,19). The summed E-state index contributed by atoms with van der Waals surface area (Å²) in [5.41, 5.74) is 4.47. The Morgan fingerprint density at radius 1 is 1.32 bits per heavy atom. The molecule has 0 atom stereocenters. The normalized spacial score (nSPS) is 10.3. The molecule has 0 amide bonds. The van der Waals surface area contributed by atoms with E-state index in [2.05, 4.69) is 43.3 Å². The van der Waals surface area contributed by atoms with Crippen LogP contribution in [0.25, 0.3) is 0 Å². The van der Waals surface area contributed by atoms with E-state index in [0.29, 0.717) is 10.8 Å². The number of aromatic nitrogens is 2. The monoisotopic (exact) mass is 389 g/mol. The minimum Gasteiger partial charge on any atom is -0.339 e. The van der Waals surface area contributed by atoms with Crippen LogP contribution in [0.5, 0.6) is 0 Å². The highest BCUT2D eigenvalue weighted by Crippen LogP contribution is 2.28. The average molecular weight is 390 g/mol. The maximum atomic E-state index is 5.94. The number of hydrogen-bond acceptors (Lipinski definition) is 5. The molecule has 0 spiro atoms. The number of hydrogen-bond donors (Lipinski definition) is 3. The first-order chi connectivity index (χ1) is 9.15. The number of benzene rings is 1. The molecule has 1 aromatic heterocycles. The van der Waals surface area contributed by atoms with Crippen LogP contribution in [0, 0.1) is 3.57 Å². The third kappa shape index (κ3) is 3.26. The van der Waals surface area contributed by atoms with E-state index in [1.54, 1.807) is 0 Å². The number of nitrogen functional groups attached to an aromatic ring is 1. The van der Waals surface area contributed by atoms with Crippen LogP contribution in [0.1, 0.15) is 12.5 Å². The fraction of sp³-hybridized carbons (Fsp3) is 0.167. The Morgan fingerprint density at radius 2 is 2.05 bits per heavy atom. The lowest BCUT2D eigenvalue weighted by Crippen LogP contribution is -2.13. The number of rotatable bonds is 4. The molecule has 0 aliphatic rings. The van der Waals surface area contributed by atoms with Gasteiger partial charge in [-0.2, -0.15) is 0 Å². The van der Waals surface area contributed by atoms with Crippen molar-refractivity contribution in [1.82, 2.24) is 9.97 Å². The Morgan fingerprint density at radius 3 is 2.68 bits per heavy atom. The fourth-order valence-corrected chi connectivity index (χ4v) is 2.70. The van der Waals surface area contributed by atoms with Crippen molar-refractivity contribution in [3.8, 4) is 0 Å². The van der Waals surface area contributed by atoms with E-state index in [1.165, 1.54) is 6.33 Å². The van der Waals surface area contributed by atoms with Crippen molar-refractivity contribution in [1.29, 1.82) is 0 Å². The molecule has 19 heavy (non-hydrogen) atoms. The molecular weight excluding hydrogens is 377 g/mol. The van der Waals surface area contributed by atoms with Crippen molar-refractivity contribution < 1.29 is 0 Å². The molecule has 2 rings (SSSR count). The first kappa shape index (κ1) is 14.3. The van der Waals surface area contributed by atoms with Gasteiger partial charge in [0.15, 0.2) is 0 Å². The van der Waals surface area contributed by atoms with Crippen molar-refractivity contribution in [2.24, 2.45) is 5.84 Å². The maximum absolute atomic E-state index is 5.94. The third-order valence-corrected chi connectivity index (χ3v) is 3.75. The lowest BCUT2D eigenvalue weighted by atomic mass is 10.2. The van der Waals surface area contributed by atoms with Crippen LogP contribution in [0.15, 0.2) is 24.5 Å². The summed E-state index contributed by atoms with van der Waals surface area (Å²) in [6.45, 7) is 2.03. The molecule has 2 aromatic rings. The van der Waals surface area contributed by atoms with Crippen molar-refractivity contribution >= 4 is 51.5 Å². The SMILES string of the molecule is CCc1c(NN)ncnc1Nc1ccc(Cl)cc1I. The number of anilines is 3. The minimum atomic E-state index is 0.629. The van der Waals surface area contributed by atoms with Gasteiger partial charge in [0.1, 0.15) is 18.0 Å². The molecule has 0 radical (unpaired) electrons. The first-order valence-corrected chi connectivity index (χ1v) is 7.14. The summed E-state index contributed by atoms with van der Waals surface area (Å²) < 4.78 is 1.02. The van der Waals surface area contributed by atoms with E-state index >= 15 is 0 Å².